The minimum absolute atomic E-state index is 0.149. The number of anilines is 1. The molecule has 2 N–H and O–H groups in total. The van der Waals surface area contributed by atoms with Crippen molar-refractivity contribution in [1.29, 1.82) is 0 Å². The molecule has 5 rings (SSSR count). The number of rotatable bonds is 8. The van der Waals surface area contributed by atoms with Gasteiger partial charge < -0.3 is 15.2 Å². The van der Waals surface area contributed by atoms with Gasteiger partial charge >= 0.3 is 0 Å². The van der Waals surface area contributed by atoms with Gasteiger partial charge in [0.05, 0.1) is 25.3 Å². The molecule has 2 aromatic heterocycles. The molecule has 0 unspecified atom stereocenters. The van der Waals surface area contributed by atoms with E-state index in [0.29, 0.717) is 30.4 Å². The maximum atomic E-state index is 13.3. The van der Waals surface area contributed by atoms with Gasteiger partial charge in [-0.2, -0.15) is 17.0 Å². The molecule has 1 aromatic carbocycles. The van der Waals surface area contributed by atoms with Crippen molar-refractivity contribution in [3.8, 4) is 17.3 Å². The van der Waals surface area contributed by atoms with E-state index in [1.54, 1.807) is 37.3 Å². The lowest BCUT2D eigenvalue weighted by Gasteiger charge is -2.22. The minimum Gasteiger partial charge on any atom is -0.496 e. The van der Waals surface area contributed by atoms with Gasteiger partial charge in [0.25, 0.3) is 16.1 Å². The van der Waals surface area contributed by atoms with Crippen molar-refractivity contribution >= 4 is 21.9 Å². The summed E-state index contributed by atoms with van der Waals surface area (Å²) in [7, 11) is -2.10. The van der Waals surface area contributed by atoms with Gasteiger partial charge in [-0.1, -0.05) is 6.07 Å². The molecule has 4 heterocycles. The van der Waals surface area contributed by atoms with E-state index in [4.69, 9.17) is 4.74 Å². The number of methoxy groups -OCH3 is 1. The molecule has 1 saturated heterocycles. The maximum Gasteiger partial charge on any atom is 0.282 e. The Bertz CT molecular complexity index is 1420. The molecular formula is C23H28N8O5S. The van der Waals surface area contributed by atoms with Gasteiger partial charge in [-0.15, -0.1) is 5.10 Å². The molecule has 3 aromatic rings. The molecule has 37 heavy (non-hydrogen) atoms. The van der Waals surface area contributed by atoms with E-state index < -0.39 is 16.1 Å². The second-order valence-electron chi connectivity index (χ2n) is 9.04. The Morgan fingerprint density at radius 2 is 1.89 bits per heavy atom. The minimum atomic E-state index is -3.56. The number of aliphatic hydroxyl groups excluding tert-OH is 1. The molecule has 196 valence electrons. The third-order valence-electron chi connectivity index (χ3n) is 6.57. The molecule has 0 saturated carbocycles. The van der Waals surface area contributed by atoms with Crippen LogP contribution in [0.4, 0.5) is 5.82 Å². The van der Waals surface area contributed by atoms with E-state index >= 15 is 0 Å². The molecule has 0 aliphatic carbocycles. The predicted molar refractivity (Wildman–Crippen MR) is 133 cm³/mol. The van der Waals surface area contributed by atoms with Crippen molar-refractivity contribution < 1.29 is 23.1 Å². The summed E-state index contributed by atoms with van der Waals surface area (Å²) in [6.45, 7) is 3.11. The first-order chi connectivity index (χ1) is 17.8. The number of aromatic nitrogens is 5. The van der Waals surface area contributed by atoms with E-state index in [2.05, 4.69) is 25.8 Å². The Morgan fingerprint density at radius 1 is 1.16 bits per heavy atom. The fourth-order valence-corrected chi connectivity index (χ4v) is 6.19. The van der Waals surface area contributed by atoms with Crippen LogP contribution in [0.25, 0.3) is 11.5 Å². The SMILES string of the molecule is COc1cc2c(cc1C(=O)Nc1cccc(-c3nnnn3[C@H](C)CO)n1)CN(S(=O)(=O)N1CCCC1)C2. The highest BCUT2D eigenvalue weighted by atomic mass is 32.2. The molecule has 0 bridgehead atoms. The number of nitrogens with one attached hydrogen (secondary N) is 1. The largest absolute Gasteiger partial charge is 0.496 e. The first-order valence-corrected chi connectivity index (χ1v) is 13.3. The summed E-state index contributed by atoms with van der Waals surface area (Å²) in [5.74, 6) is 0.517. The summed E-state index contributed by atoms with van der Waals surface area (Å²) < 4.78 is 36.0. The van der Waals surface area contributed by atoms with E-state index in [-0.39, 0.29) is 37.1 Å². The second-order valence-corrected chi connectivity index (χ2v) is 11.0. The number of carbonyl (C=O) groups excluding carboxylic acids is 1. The number of hydrogen-bond acceptors (Lipinski definition) is 9. The van der Waals surface area contributed by atoms with Crippen molar-refractivity contribution in [1.82, 2.24) is 33.8 Å². The number of benzene rings is 1. The van der Waals surface area contributed by atoms with Crippen LogP contribution >= 0.6 is 0 Å². The van der Waals surface area contributed by atoms with Crippen LogP contribution in [-0.4, -0.2) is 80.0 Å². The van der Waals surface area contributed by atoms with Crippen molar-refractivity contribution in [2.75, 3.05) is 32.1 Å². The zero-order valence-electron chi connectivity index (χ0n) is 20.5. The molecule has 2 aliphatic heterocycles. The van der Waals surface area contributed by atoms with Crippen LogP contribution in [0, 0.1) is 0 Å². The number of ether oxygens (including phenoxy) is 1. The summed E-state index contributed by atoms with van der Waals surface area (Å²) in [6.07, 6.45) is 1.73. The topological polar surface area (TPSA) is 156 Å². The molecule has 1 atom stereocenters. The number of tetrazole rings is 1. The molecule has 1 amide bonds. The van der Waals surface area contributed by atoms with E-state index in [0.717, 1.165) is 24.0 Å². The highest BCUT2D eigenvalue weighted by Gasteiger charge is 2.36. The van der Waals surface area contributed by atoms with Crippen LogP contribution in [0.5, 0.6) is 5.75 Å². The molecule has 14 heteroatoms. The lowest BCUT2D eigenvalue weighted by atomic mass is 10.0. The van der Waals surface area contributed by atoms with Crippen molar-refractivity contribution in [2.24, 2.45) is 0 Å². The van der Waals surface area contributed by atoms with E-state index in [1.165, 1.54) is 20.4 Å². The fraction of sp³-hybridized carbons (Fsp3) is 0.435. The van der Waals surface area contributed by atoms with Crippen LogP contribution in [0.1, 0.15) is 47.3 Å². The Labute approximate surface area is 214 Å². The number of amides is 1. The van der Waals surface area contributed by atoms with Crippen LogP contribution < -0.4 is 10.1 Å². The summed E-state index contributed by atoms with van der Waals surface area (Å²) in [4.78, 5) is 17.7. The Morgan fingerprint density at radius 3 is 2.59 bits per heavy atom. The molecule has 0 spiro atoms. The number of hydrogen-bond donors (Lipinski definition) is 2. The number of fused-ring (bicyclic) bond motifs is 1. The standard InChI is InChI=1S/C23H28N8O5S/c1-15(14-32)31-22(26-27-28-31)19-6-5-7-21(24-19)25-23(33)18-10-16-12-30(13-17(16)11-20(18)36-2)37(34,35)29-8-3-4-9-29/h5-7,10-11,15,32H,3-4,8-9,12-14H2,1-2H3,(H,24,25,33)/t15-/m1/s1. The molecule has 1 fully saturated rings. The second kappa shape index (κ2) is 10.1. The highest BCUT2D eigenvalue weighted by molar-refractivity contribution is 7.86. The zero-order valence-corrected chi connectivity index (χ0v) is 21.3. The molecular weight excluding hydrogens is 500 g/mol. The van der Waals surface area contributed by atoms with Gasteiger partial charge in [-0.3, -0.25) is 4.79 Å². The van der Waals surface area contributed by atoms with Gasteiger partial charge in [0.15, 0.2) is 0 Å². The maximum absolute atomic E-state index is 13.3. The average Bonchev–Trinajstić information content (AvgIpc) is 3.68. The van der Waals surface area contributed by atoms with Crippen molar-refractivity contribution in [3.05, 3.63) is 47.0 Å². The lowest BCUT2D eigenvalue weighted by molar-refractivity contribution is 0.102. The van der Waals surface area contributed by atoms with E-state index in [9.17, 15) is 18.3 Å². The number of carbonyl (C=O) groups is 1. The van der Waals surface area contributed by atoms with Crippen LogP contribution in [-0.2, 0) is 23.3 Å². The number of aliphatic hydroxyl groups is 1. The zero-order chi connectivity index (χ0) is 26.2. The van der Waals surface area contributed by atoms with Gasteiger partial charge in [0, 0.05) is 26.2 Å². The van der Waals surface area contributed by atoms with Crippen LogP contribution in [0.3, 0.4) is 0 Å². The Hall–Kier alpha value is -3.46. The number of pyridine rings is 1. The average molecular weight is 529 g/mol. The van der Waals surface area contributed by atoms with Crippen molar-refractivity contribution in [3.63, 3.8) is 0 Å². The summed E-state index contributed by atoms with van der Waals surface area (Å²) in [5, 5.41) is 23.8. The predicted octanol–water partition coefficient (Wildman–Crippen LogP) is 1.21. The monoisotopic (exact) mass is 528 g/mol. The third-order valence-corrected chi connectivity index (χ3v) is 8.50. The molecule has 2 aliphatic rings. The molecule has 13 nitrogen and oxygen atoms in total. The van der Waals surface area contributed by atoms with Gasteiger partial charge in [0.2, 0.25) is 5.82 Å². The third kappa shape index (κ3) is 4.80. The number of nitrogens with zero attached hydrogens (tertiary/aromatic N) is 7. The molecule has 0 radical (unpaired) electrons. The van der Waals surface area contributed by atoms with Crippen LogP contribution in [0.15, 0.2) is 30.3 Å². The normalized spacial score (nSPS) is 17.1. The Kier molecular flexibility index (Phi) is 6.90. The van der Waals surface area contributed by atoms with Gasteiger partial charge in [-0.25, -0.2) is 9.67 Å². The summed E-state index contributed by atoms with van der Waals surface area (Å²) >= 11 is 0. The first-order valence-electron chi connectivity index (χ1n) is 11.9. The quantitative estimate of drug-likeness (QED) is 0.439. The lowest BCUT2D eigenvalue weighted by Crippen LogP contribution is -2.39. The highest BCUT2D eigenvalue weighted by Crippen LogP contribution is 2.33. The van der Waals surface area contributed by atoms with Crippen LogP contribution in [0.2, 0.25) is 0 Å². The smallest absolute Gasteiger partial charge is 0.282 e. The summed E-state index contributed by atoms with van der Waals surface area (Å²) in [6, 6.07) is 8.09. The van der Waals surface area contributed by atoms with Gasteiger partial charge in [-0.05, 0) is 65.6 Å². The summed E-state index contributed by atoms with van der Waals surface area (Å²) in [5.41, 5.74) is 2.26. The first kappa shape index (κ1) is 25.2. The van der Waals surface area contributed by atoms with Crippen molar-refractivity contribution in [2.45, 2.75) is 38.9 Å². The fourth-order valence-electron chi connectivity index (χ4n) is 4.54. The van der Waals surface area contributed by atoms with Gasteiger partial charge in [0.1, 0.15) is 17.3 Å². The van der Waals surface area contributed by atoms with E-state index in [1.807, 2.05) is 0 Å². The Balaban J connectivity index is 1.37.